The topological polar surface area (TPSA) is 0 Å². The summed E-state index contributed by atoms with van der Waals surface area (Å²) in [6, 6.07) is 0. The molecule has 0 spiro atoms. The van der Waals surface area contributed by atoms with E-state index in [0.717, 1.165) is 0 Å². The van der Waals surface area contributed by atoms with Gasteiger partial charge < -0.3 is 0 Å². The lowest BCUT2D eigenvalue weighted by atomic mass is 10.0. The molecule has 14 heavy (non-hydrogen) atoms. The molecule has 0 fully saturated rings. The van der Waals surface area contributed by atoms with Gasteiger partial charge in [0.05, 0.1) is 0 Å². The molecule has 0 amide bonds. The molecule has 0 aromatic carbocycles. The molecule has 74 valence electrons. The quantitative estimate of drug-likeness (QED) is 0.572. The Bertz CT molecular complexity index is 268. The van der Waals surface area contributed by atoms with Crippen LogP contribution in [0.2, 0.25) is 0 Å². The van der Waals surface area contributed by atoms with Crippen molar-refractivity contribution >= 4 is 0 Å². The predicted molar refractivity (Wildman–Crippen MR) is 62.1 cm³/mol. The number of allylic oxidation sites excluding steroid dienone is 8. The van der Waals surface area contributed by atoms with Gasteiger partial charge in [0.1, 0.15) is 0 Å². The Morgan fingerprint density at radius 1 is 0.643 bits per heavy atom. The van der Waals surface area contributed by atoms with Crippen molar-refractivity contribution in [2.75, 3.05) is 0 Å². The molecule has 0 heterocycles. The molecule has 0 heteroatoms. The van der Waals surface area contributed by atoms with Gasteiger partial charge in [0.2, 0.25) is 0 Å². The van der Waals surface area contributed by atoms with Crippen LogP contribution in [0.4, 0.5) is 0 Å². The fraction of sp³-hybridized carbons (Fsp3) is 0.429. The summed E-state index contributed by atoms with van der Waals surface area (Å²) in [6.07, 6.45) is 21.5. The first-order chi connectivity index (χ1) is 6.97. The van der Waals surface area contributed by atoms with E-state index in [1.807, 2.05) is 0 Å². The van der Waals surface area contributed by atoms with Crippen molar-refractivity contribution < 1.29 is 0 Å². The summed E-state index contributed by atoms with van der Waals surface area (Å²) in [7, 11) is 0. The zero-order valence-corrected chi connectivity index (χ0v) is 8.71. The Morgan fingerprint density at radius 3 is 1.64 bits per heavy atom. The molecule has 2 aliphatic carbocycles. The van der Waals surface area contributed by atoms with Crippen molar-refractivity contribution in [1.82, 2.24) is 0 Å². The van der Waals surface area contributed by atoms with Gasteiger partial charge in [0.25, 0.3) is 0 Å². The van der Waals surface area contributed by atoms with Gasteiger partial charge in [-0.25, -0.2) is 0 Å². The molecule has 0 saturated heterocycles. The van der Waals surface area contributed by atoms with Gasteiger partial charge in [-0.1, -0.05) is 36.5 Å². The van der Waals surface area contributed by atoms with E-state index < -0.39 is 0 Å². The Labute approximate surface area is 86.7 Å². The molecular formula is C14H18. The van der Waals surface area contributed by atoms with Crippen LogP contribution in [-0.2, 0) is 0 Å². The summed E-state index contributed by atoms with van der Waals surface area (Å²) in [5.74, 6) is 0. The normalized spacial score (nSPS) is 22.3. The maximum atomic E-state index is 2.38. The minimum atomic E-state index is 1.23. The molecule has 0 nitrogen and oxygen atoms in total. The Morgan fingerprint density at radius 2 is 1.14 bits per heavy atom. The van der Waals surface area contributed by atoms with E-state index in [0.29, 0.717) is 0 Å². The fourth-order valence-electron chi connectivity index (χ4n) is 1.97. The molecule has 0 radical (unpaired) electrons. The van der Waals surface area contributed by atoms with Gasteiger partial charge in [-0.2, -0.15) is 0 Å². The van der Waals surface area contributed by atoms with Crippen LogP contribution in [0.15, 0.2) is 47.6 Å². The van der Waals surface area contributed by atoms with Crippen molar-refractivity contribution in [1.29, 1.82) is 0 Å². The first-order valence-electron chi connectivity index (χ1n) is 5.70. The molecule has 0 bridgehead atoms. The molecule has 0 aromatic rings. The van der Waals surface area contributed by atoms with E-state index in [-0.39, 0.29) is 0 Å². The maximum absolute atomic E-state index is 2.38. The van der Waals surface area contributed by atoms with Crippen molar-refractivity contribution in [3.05, 3.63) is 47.6 Å². The van der Waals surface area contributed by atoms with Gasteiger partial charge in [-0.05, 0) is 49.7 Å². The molecular weight excluding hydrogens is 168 g/mol. The largest absolute Gasteiger partial charge is 0.0839 e. The number of rotatable bonds is 1. The minimum absolute atomic E-state index is 1.23. The molecule has 0 aromatic heterocycles. The predicted octanol–water partition coefficient (Wildman–Crippen LogP) is 4.32. The lowest BCUT2D eigenvalue weighted by Crippen LogP contribution is -1.82. The first kappa shape index (κ1) is 9.51. The summed E-state index contributed by atoms with van der Waals surface area (Å²) in [5.41, 5.74) is 2.86. The molecule has 0 atom stereocenters. The van der Waals surface area contributed by atoms with Crippen LogP contribution in [0.1, 0.15) is 38.5 Å². The third-order valence-electron chi connectivity index (χ3n) is 2.81. The Hall–Kier alpha value is -1.04. The third-order valence-corrected chi connectivity index (χ3v) is 2.81. The number of hydrogen-bond donors (Lipinski definition) is 0. The fourth-order valence-corrected chi connectivity index (χ4v) is 1.97. The van der Waals surface area contributed by atoms with Gasteiger partial charge in [0.15, 0.2) is 0 Å². The zero-order valence-electron chi connectivity index (χ0n) is 8.71. The molecule has 0 saturated carbocycles. The average molecular weight is 186 g/mol. The van der Waals surface area contributed by atoms with Crippen LogP contribution < -0.4 is 0 Å². The lowest BCUT2D eigenvalue weighted by Gasteiger charge is -2.01. The van der Waals surface area contributed by atoms with E-state index >= 15 is 0 Å². The zero-order chi connectivity index (χ0) is 9.64. The van der Waals surface area contributed by atoms with Gasteiger partial charge in [0, 0.05) is 0 Å². The van der Waals surface area contributed by atoms with E-state index in [1.165, 1.54) is 49.7 Å². The molecule has 2 aliphatic rings. The van der Waals surface area contributed by atoms with E-state index in [4.69, 9.17) is 0 Å². The van der Waals surface area contributed by atoms with Crippen LogP contribution in [0.3, 0.4) is 0 Å². The van der Waals surface area contributed by atoms with Crippen molar-refractivity contribution in [3.8, 4) is 0 Å². The van der Waals surface area contributed by atoms with Gasteiger partial charge in [-0.3, -0.25) is 0 Å². The van der Waals surface area contributed by atoms with Crippen molar-refractivity contribution in [2.45, 2.75) is 38.5 Å². The maximum Gasteiger partial charge on any atom is -0.0230 e. The van der Waals surface area contributed by atoms with Crippen LogP contribution >= 0.6 is 0 Å². The number of hydrogen-bond acceptors (Lipinski definition) is 0. The highest BCUT2D eigenvalue weighted by Crippen LogP contribution is 2.22. The van der Waals surface area contributed by atoms with E-state index in [1.54, 1.807) is 0 Å². The molecule has 0 unspecified atom stereocenters. The second-order valence-corrected chi connectivity index (χ2v) is 3.99. The van der Waals surface area contributed by atoms with Crippen molar-refractivity contribution in [3.63, 3.8) is 0 Å². The summed E-state index contributed by atoms with van der Waals surface area (Å²) >= 11 is 0. The summed E-state index contributed by atoms with van der Waals surface area (Å²) in [4.78, 5) is 0. The van der Waals surface area contributed by atoms with Crippen LogP contribution in [0, 0.1) is 0 Å². The Kier molecular flexibility index (Phi) is 3.39. The van der Waals surface area contributed by atoms with Gasteiger partial charge >= 0.3 is 0 Å². The van der Waals surface area contributed by atoms with E-state index in [2.05, 4.69) is 36.5 Å². The smallest absolute Gasteiger partial charge is 0.0230 e. The Balaban J connectivity index is 2.18. The lowest BCUT2D eigenvalue weighted by molar-refractivity contribution is 0.872. The molecule has 0 aliphatic heterocycles. The second-order valence-electron chi connectivity index (χ2n) is 3.99. The SMILES string of the molecule is C1=CC(C2=CCCCC=C2)=CCCC1. The third kappa shape index (κ3) is 2.47. The van der Waals surface area contributed by atoms with E-state index in [9.17, 15) is 0 Å². The average Bonchev–Trinajstić information content (AvgIpc) is 2.62. The highest BCUT2D eigenvalue weighted by atomic mass is 14.1. The molecule has 2 rings (SSSR count). The van der Waals surface area contributed by atoms with Gasteiger partial charge in [-0.15, -0.1) is 0 Å². The van der Waals surface area contributed by atoms with Crippen molar-refractivity contribution in [2.24, 2.45) is 0 Å². The highest BCUT2D eigenvalue weighted by molar-refractivity contribution is 5.47. The van der Waals surface area contributed by atoms with Crippen LogP contribution in [-0.4, -0.2) is 0 Å². The minimum Gasteiger partial charge on any atom is -0.0839 e. The standard InChI is InChI=1S/C14H18/c1-2-6-10-13(9-5-1)14-11-7-3-4-8-12-14/h5,7,9-12H,1-4,6,8H2. The highest BCUT2D eigenvalue weighted by Gasteiger charge is 2.02. The first-order valence-corrected chi connectivity index (χ1v) is 5.70. The molecule has 0 N–H and O–H groups in total. The summed E-state index contributed by atoms with van der Waals surface area (Å²) in [6.45, 7) is 0. The summed E-state index contributed by atoms with van der Waals surface area (Å²) < 4.78 is 0. The monoisotopic (exact) mass is 186 g/mol. The van der Waals surface area contributed by atoms with Crippen LogP contribution in [0.5, 0.6) is 0 Å². The summed E-state index contributed by atoms with van der Waals surface area (Å²) in [5, 5.41) is 0. The second kappa shape index (κ2) is 4.99. The van der Waals surface area contributed by atoms with Crippen LogP contribution in [0.25, 0.3) is 0 Å².